The van der Waals surface area contributed by atoms with Crippen molar-refractivity contribution in [2.24, 2.45) is 0 Å². The molecule has 0 aromatic carbocycles. The van der Waals surface area contributed by atoms with Crippen LogP contribution in [0.15, 0.2) is 0 Å². The summed E-state index contributed by atoms with van der Waals surface area (Å²) in [6.07, 6.45) is 6.04. The number of aliphatic hydroxyl groups is 1. The number of nitrogens with zero attached hydrogens (tertiary/aromatic N) is 1. The average Bonchev–Trinajstić information content (AvgIpc) is 2.50. The first-order chi connectivity index (χ1) is 10.0. The van der Waals surface area contributed by atoms with E-state index in [1.54, 1.807) is 0 Å². The van der Waals surface area contributed by atoms with E-state index in [2.05, 4.69) is 37.9 Å². The van der Waals surface area contributed by atoms with Crippen molar-refractivity contribution in [2.75, 3.05) is 32.8 Å². The third kappa shape index (κ3) is 6.64. The zero-order chi connectivity index (χ0) is 15.7. The van der Waals surface area contributed by atoms with Gasteiger partial charge in [-0.15, -0.1) is 0 Å². The minimum atomic E-state index is -0.113. The minimum absolute atomic E-state index is 0.113. The molecule has 0 amide bonds. The number of hydrogen-bond donors (Lipinski definition) is 2. The molecule has 2 N–H and O–H groups in total. The lowest BCUT2D eigenvalue weighted by molar-refractivity contribution is -0.0562. The molecule has 0 bridgehead atoms. The maximum absolute atomic E-state index is 9.59. The zero-order valence-electron chi connectivity index (χ0n) is 14.5. The summed E-state index contributed by atoms with van der Waals surface area (Å²) in [7, 11) is 0. The van der Waals surface area contributed by atoms with Gasteiger partial charge in [0.2, 0.25) is 0 Å². The first kappa shape index (κ1) is 18.9. The molecule has 4 nitrogen and oxygen atoms in total. The second-order valence-electron chi connectivity index (χ2n) is 6.80. The summed E-state index contributed by atoms with van der Waals surface area (Å²) in [4.78, 5) is 2.59. The Hall–Kier alpha value is -0.160. The Kier molecular flexibility index (Phi) is 8.79. The molecule has 1 saturated heterocycles. The van der Waals surface area contributed by atoms with Gasteiger partial charge in [-0.1, -0.05) is 20.3 Å². The van der Waals surface area contributed by atoms with Gasteiger partial charge in [-0.3, -0.25) is 4.90 Å². The second kappa shape index (κ2) is 9.78. The first-order valence-corrected chi connectivity index (χ1v) is 8.76. The third-order valence-electron chi connectivity index (χ3n) is 4.63. The molecule has 3 unspecified atom stereocenters. The van der Waals surface area contributed by atoms with Crippen LogP contribution < -0.4 is 5.32 Å². The number of rotatable bonds is 10. The van der Waals surface area contributed by atoms with Gasteiger partial charge in [-0.25, -0.2) is 0 Å². The van der Waals surface area contributed by atoms with E-state index in [1.165, 1.54) is 12.8 Å². The van der Waals surface area contributed by atoms with E-state index in [9.17, 15) is 5.11 Å². The number of unbranched alkanes of at least 4 members (excludes halogenated alkanes) is 1. The summed E-state index contributed by atoms with van der Waals surface area (Å²) in [6, 6.07) is 0.587. The highest BCUT2D eigenvalue weighted by molar-refractivity contribution is 4.83. The van der Waals surface area contributed by atoms with Crippen LogP contribution in [0.25, 0.3) is 0 Å². The Bertz CT molecular complexity index is 276. The van der Waals surface area contributed by atoms with Crippen LogP contribution in [0.2, 0.25) is 0 Å². The molecule has 1 aliphatic rings. The van der Waals surface area contributed by atoms with Crippen LogP contribution in [0.3, 0.4) is 0 Å². The predicted molar refractivity (Wildman–Crippen MR) is 88.7 cm³/mol. The van der Waals surface area contributed by atoms with Crippen LogP contribution in [-0.2, 0) is 4.74 Å². The summed E-state index contributed by atoms with van der Waals surface area (Å²) in [5, 5.41) is 13.1. The van der Waals surface area contributed by atoms with Crippen LogP contribution >= 0.6 is 0 Å². The van der Waals surface area contributed by atoms with Crippen molar-refractivity contribution in [3.05, 3.63) is 0 Å². The largest absolute Gasteiger partial charge is 0.394 e. The van der Waals surface area contributed by atoms with Crippen molar-refractivity contribution in [3.8, 4) is 0 Å². The Balaban J connectivity index is 2.28. The van der Waals surface area contributed by atoms with E-state index in [0.29, 0.717) is 12.1 Å². The highest BCUT2D eigenvalue weighted by atomic mass is 16.5. The third-order valence-corrected chi connectivity index (χ3v) is 4.63. The van der Waals surface area contributed by atoms with Crippen molar-refractivity contribution in [1.82, 2.24) is 10.2 Å². The molecule has 21 heavy (non-hydrogen) atoms. The lowest BCUT2D eigenvalue weighted by Crippen LogP contribution is -2.49. The van der Waals surface area contributed by atoms with Crippen molar-refractivity contribution in [1.29, 1.82) is 0 Å². The molecule has 3 atom stereocenters. The lowest BCUT2D eigenvalue weighted by Gasteiger charge is -2.38. The number of nitrogens with one attached hydrogen (secondary N) is 1. The normalized spacial score (nSPS) is 26.7. The summed E-state index contributed by atoms with van der Waals surface area (Å²) >= 11 is 0. The van der Waals surface area contributed by atoms with Crippen LogP contribution in [0, 0.1) is 0 Å². The maximum Gasteiger partial charge on any atom is 0.0674 e. The summed E-state index contributed by atoms with van der Waals surface area (Å²) in [5.41, 5.74) is -0.113. The fraction of sp³-hybridized carbons (Fsp3) is 1.00. The number of morpholine rings is 1. The average molecular weight is 300 g/mol. The van der Waals surface area contributed by atoms with Crippen molar-refractivity contribution >= 4 is 0 Å². The van der Waals surface area contributed by atoms with Gasteiger partial charge < -0.3 is 15.2 Å². The molecule has 1 heterocycles. The molecule has 126 valence electrons. The monoisotopic (exact) mass is 300 g/mol. The maximum atomic E-state index is 9.59. The molecule has 0 radical (unpaired) electrons. The molecule has 1 aliphatic heterocycles. The van der Waals surface area contributed by atoms with Crippen LogP contribution in [0.4, 0.5) is 0 Å². The molecular weight excluding hydrogens is 264 g/mol. The standard InChI is InChI=1S/C17H36N2O2/c1-5-10-18-17(4,14-20)9-7-8-11-19-12-15(3)21-13-16(19)6-2/h15-16,18,20H,5-14H2,1-4H3. The highest BCUT2D eigenvalue weighted by Gasteiger charge is 2.25. The quantitative estimate of drug-likeness (QED) is 0.608. The first-order valence-electron chi connectivity index (χ1n) is 8.76. The highest BCUT2D eigenvalue weighted by Crippen LogP contribution is 2.17. The van der Waals surface area contributed by atoms with Gasteiger partial charge in [0, 0.05) is 18.1 Å². The predicted octanol–water partition coefficient (Wildman–Crippen LogP) is 2.41. The minimum Gasteiger partial charge on any atom is -0.394 e. The molecule has 0 aromatic heterocycles. The van der Waals surface area contributed by atoms with E-state index >= 15 is 0 Å². The van der Waals surface area contributed by atoms with E-state index in [-0.39, 0.29) is 12.1 Å². The van der Waals surface area contributed by atoms with Gasteiger partial charge in [0.1, 0.15) is 0 Å². The van der Waals surface area contributed by atoms with E-state index in [0.717, 1.165) is 45.5 Å². The molecule has 0 aliphatic carbocycles. The van der Waals surface area contributed by atoms with Gasteiger partial charge in [0.15, 0.2) is 0 Å². The fourth-order valence-electron chi connectivity index (χ4n) is 3.04. The molecule has 0 spiro atoms. The van der Waals surface area contributed by atoms with Gasteiger partial charge in [-0.05, 0) is 52.6 Å². The van der Waals surface area contributed by atoms with Crippen molar-refractivity contribution in [2.45, 2.75) is 77.5 Å². The summed E-state index contributed by atoms with van der Waals surface area (Å²) in [6.45, 7) is 13.0. The molecular formula is C17H36N2O2. The van der Waals surface area contributed by atoms with E-state index in [1.807, 2.05) is 0 Å². The summed E-state index contributed by atoms with van der Waals surface area (Å²) < 4.78 is 5.75. The van der Waals surface area contributed by atoms with E-state index < -0.39 is 0 Å². The topological polar surface area (TPSA) is 44.7 Å². The second-order valence-corrected chi connectivity index (χ2v) is 6.80. The van der Waals surface area contributed by atoms with Crippen LogP contribution in [0.1, 0.15) is 59.8 Å². The van der Waals surface area contributed by atoms with Gasteiger partial charge >= 0.3 is 0 Å². The van der Waals surface area contributed by atoms with Crippen LogP contribution in [0.5, 0.6) is 0 Å². The SMILES string of the molecule is CCCNC(C)(CO)CCCCN1CC(C)OCC1CC. The Morgan fingerprint density at radius 2 is 2.10 bits per heavy atom. The Labute approximate surface area is 131 Å². The van der Waals surface area contributed by atoms with Gasteiger partial charge in [-0.2, -0.15) is 0 Å². The Morgan fingerprint density at radius 1 is 1.33 bits per heavy atom. The molecule has 1 fully saturated rings. The summed E-state index contributed by atoms with van der Waals surface area (Å²) in [5.74, 6) is 0. The Morgan fingerprint density at radius 3 is 2.71 bits per heavy atom. The number of ether oxygens (including phenoxy) is 1. The number of hydrogen-bond acceptors (Lipinski definition) is 4. The van der Waals surface area contributed by atoms with E-state index in [4.69, 9.17) is 4.74 Å². The van der Waals surface area contributed by atoms with Gasteiger partial charge in [0.05, 0.1) is 19.3 Å². The molecule has 1 rings (SSSR count). The van der Waals surface area contributed by atoms with Crippen molar-refractivity contribution in [3.63, 3.8) is 0 Å². The van der Waals surface area contributed by atoms with Crippen molar-refractivity contribution < 1.29 is 9.84 Å². The van der Waals surface area contributed by atoms with Crippen LogP contribution in [-0.4, -0.2) is 60.5 Å². The van der Waals surface area contributed by atoms with Gasteiger partial charge in [0.25, 0.3) is 0 Å². The fourth-order valence-corrected chi connectivity index (χ4v) is 3.04. The lowest BCUT2D eigenvalue weighted by atomic mass is 9.95. The number of aliphatic hydroxyl groups excluding tert-OH is 1. The molecule has 4 heteroatoms. The smallest absolute Gasteiger partial charge is 0.0674 e. The molecule has 0 saturated carbocycles. The zero-order valence-corrected chi connectivity index (χ0v) is 14.5. The molecule has 0 aromatic rings.